The SMILES string of the molecule is CCCCCOc1ccc(/C=N/n2c(-c3cc(-c4ccccc4)n[nH]3)n[nH]c2=S)cc1. The highest BCUT2D eigenvalue weighted by Gasteiger charge is 2.12. The number of H-pyrrole nitrogens is 2. The van der Waals surface area contributed by atoms with E-state index >= 15 is 0 Å². The first kappa shape index (κ1) is 20.7. The lowest BCUT2D eigenvalue weighted by Crippen LogP contribution is -1.97. The Morgan fingerprint density at radius 3 is 2.61 bits per heavy atom. The highest BCUT2D eigenvalue weighted by molar-refractivity contribution is 7.71. The van der Waals surface area contributed by atoms with Gasteiger partial charge in [0.15, 0.2) is 0 Å². The fraction of sp³-hybridized carbons (Fsp3) is 0.217. The van der Waals surface area contributed by atoms with Crippen LogP contribution in [0.25, 0.3) is 22.8 Å². The van der Waals surface area contributed by atoms with E-state index in [1.807, 2.05) is 60.7 Å². The topological polar surface area (TPSA) is 83.9 Å². The highest BCUT2D eigenvalue weighted by Crippen LogP contribution is 2.22. The van der Waals surface area contributed by atoms with Crippen LogP contribution in [0.5, 0.6) is 5.75 Å². The molecule has 0 fully saturated rings. The molecule has 0 aliphatic rings. The number of benzene rings is 2. The second-order valence-corrected chi connectivity index (χ2v) is 7.45. The van der Waals surface area contributed by atoms with Gasteiger partial charge in [-0.15, -0.1) is 0 Å². The third-order valence-corrected chi connectivity index (χ3v) is 5.02. The monoisotopic (exact) mass is 432 g/mol. The van der Waals surface area contributed by atoms with E-state index in [0.29, 0.717) is 10.6 Å². The van der Waals surface area contributed by atoms with Crippen LogP contribution in [-0.2, 0) is 0 Å². The zero-order valence-electron chi connectivity index (χ0n) is 17.3. The molecule has 8 heteroatoms. The Bertz CT molecular complexity index is 1190. The standard InChI is InChI=1S/C23H24N6OS/c1-2-3-7-14-30-19-12-10-17(11-13-19)16-24-29-22(27-28-23(29)31)21-15-20(25-26-21)18-8-5-4-6-9-18/h4-6,8-13,15-16H,2-3,7,14H2,1H3,(H,25,26)(H,28,31)/b24-16+. The van der Waals surface area contributed by atoms with E-state index in [4.69, 9.17) is 17.0 Å². The number of unbranched alkanes of at least 4 members (excludes halogenated alkanes) is 2. The molecule has 0 spiro atoms. The molecule has 0 saturated heterocycles. The molecule has 31 heavy (non-hydrogen) atoms. The fourth-order valence-corrected chi connectivity index (χ4v) is 3.26. The minimum Gasteiger partial charge on any atom is -0.494 e. The van der Waals surface area contributed by atoms with E-state index in [1.165, 1.54) is 12.8 Å². The lowest BCUT2D eigenvalue weighted by molar-refractivity contribution is 0.306. The van der Waals surface area contributed by atoms with Crippen molar-refractivity contribution in [1.29, 1.82) is 0 Å². The first-order valence-electron chi connectivity index (χ1n) is 10.3. The van der Waals surface area contributed by atoms with Gasteiger partial charge < -0.3 is 4.74 Å². The van der Waals surface area contributed by atoms with Gasteiger partial charge in [0.1, 0.15) is 11.4 Å². The number of ether oxygens (including phenoxy) is 1. The molecule has 2 heterocycles. The minimum atomic E-state index is 0.401. The molecule has 2 aromatic heterocycles. The largest absolute Gasteiger partial charge is 0.494 e. The van der Waals surface area contributed by atoms with Crippen LogP contribution in [0.1, 0.15) is 31.7 Å². The molecule has 0 amide bonds. The Hall–Kier alpha value is -3.52. The second kappa shape index (κ2) is 9.99. The van der Waals surface area contributed by atoms with Crippen molar-refractivity contribution in [2.75, 3.05) is 6.61 Å². The third kappa shape index (κ3) is 5.16. The Morgan fingerprint density at radius 1 is 1.03 bits per heavy atom. The maximum atomic E-state index is 5.76. The summed E-state index contributed by atoms with van der Waals surface area (Å²) in [4.78, 5) is 0. The molecule has 2 N–H and O–H groups in total. The maximum Gasteiger partial charge on any atom is 0.216 e. The molecule has 0 saturated carbocycles. The van der Waals surface area contributed by atoms with Crippen molar-refractivity contribution in [1.82, 2.24) is 25.1 Å². The fourth-order valence-electron chi connectivity index (χ4n) is 3.08. The quantitative estimate of drug-likeness (QED) is 0.209. The van der Waals surface area contributed by atoms with E-state index < -0.39 is 0 Å². The Morgan fingerprint density at radius 2 is 1.84 bits per heavy atom. The summed E-state index contributed by atoms with van der Waals surface area (Å²) in [5.74, 6) is 1.42. The van der Waals surface area contributed by atoms with Crippen LogP contribution in [0.2, 0.25) is 0 Å². The van der Waals surface area contributed by atoms with Crippen LogP contribution in [-0.4, -0.2) is 37.9 Å². The van der Waals surface area contributed by atoms with Crippen molar-refractivity contribution in [2.24, 2.45) is 5.10 Å². The predicted molar refractivity (Wildman–Crippen MR) is 125 cm³/mol. The number of rotatable bonds is 9. The predicted octanol–water partition coefficient (Wildman–Crippen LogP) is 5.45. The third-order valence-electron chi connectivity index (χ3n) is 4.76. The van der Waals surface area contributed by atoms with Crippen molar-refractivity contribution in [3.05, 3.63) is 71.0 Å². The van der Waals surface area contributed by atoms with E-state index in [2.05, 4.69) is 32.4 Å². The number of aromatic nitrogens is 5. The number of nitrogens with zero attached hydrogens (tertiary/aromatic N) is 4. The summed E-state index contributed by atoms with van der Waals surface area (Å²) in [7, 11) is 0. The first-order chi connectivity index (χ1) is 15.2. The molecule has 4 rings (SSSR count). The van der Waals surface area contributed by atoms with Crippen LogP contribution in [0.3, 0.4) is 0 Å². The van der Waals surface area contributed by atoms with E-state index in [1.54, 1.807) is 10.9 Å². The van der Waals surface area contributed by atoms with Gasteiger partial charge in [-0.2, -0.15) is 20.0 Å². The van der Waals surface area contributed by atoms with Crippen LogP contribution in [0.4, 0.5) is 0 Å². The molecule has 2 aromatic carbocycles. The van der Waals surface area contributed by atoms with Gasteiger partial charge >= 0.3 is 0 Å². The van der Waals surface area contributed by atoms with Crippen molar-refractivity contribution in [3.8, 4) is 28.5 Å². The van der Waals surface area contributed by atoms with Gasteiger partial charge in [0, 0.05) is 5.56 Å². The van der Waals surface area contributed by atoms with Crippen molar-refractivity contribution >= 4 is 18.4 Å². The smallest absolute Gasteiger partial charge is 0.216 e. The molecular weight excluding hydrogens is 408 g/mol. The number of hydrogen-bond acceptors (Lipinski definition) is 5. The minimum absolute atomic E-state index is 0.401. The van der Waals surface area contributed by atoms with Crippen LogP contribution < -0.4 is 4.74 Å². The summed E-state index contributed by atoms with van der Waals surface area (Å²) in [5.41, 5.74) is 3.50. The van der Waals surface area contributed by atoms with Gasteiger partial charge in [-0.1, -0.05) is 50.1 Å². The molecule has 4 aromatic rings. The normalized spacial score (nSPS) is 11.3. The summed E-state index contributed by atoms with van der Waals surface area (Å²) in [6, 6.07) is 19.7. The molecule has 0 aliphatic heterocycles. The van der Waals surface area contributed by atoms with Gasteiger partial charge in [-0.25, -0.2) is 5.10 Å². The Kier molecular flexibility index (Phi) is 6.68. The van der Waals surface area contributed by atoms with E-state index in [9.17, 15) is 0 Å². The van der Waals surface area contributed by atoms with Crippen LogP contribution in [0, 0.1) is 4.77 Å². The van der Waals surface area contributed by atoms with Crippen LogP contribution >= 0.6 is 12.2 Å². The molecule has 0 unspecified atom stereocenters. The lowest BCUT2D eigenvalue weighted by atomic mass is 10.1. The Labute approximate surface area is 185 Å². The van der Waals surface area contributed by atoms with Gasteiger partial charge in [0.2, 0.25) is 10.6 Å². The molecule has 0 bridgehead atoms. The molecule has 0 aliphatic carbocycles. The van der Waals surface area contributed by atoms with Crippen LogP contribution in [0.15, 0.2) is 65.8 Å². The lowest BCUT2D eigenvalue weighted by Gasteiger charge is -2.05. The van der Waals surface area contributed by atoms with Crippen molar-refractivity contribution in [3.63, 3.8) is 0 Å². The highest BCUT2D eigenvalue weighted by atomic mass is 32.1. The second-order valence-electron chi connectivity index (χ2n) is 7.07. The first-order valence-corrected chi connectivity index (χ1v) is 10.7. The average Bonchev–Trinajstić information content (AvgIpc) is 3.43. The van der Waals surface area contributed by atoms with Gasteiger partial charge in [0.25, 0.3) is 0 Å². The summed E-state index contributed by atoms with van der Waals surface area (Å²) in [5, 5.41) is 19.0. The summed E-state index contributed by atoms with van der Waals surface area (Å²) in [6.07, 6.45) is 5.18. The molecule has 0 atom stereocenters. The summed E-state index contributed by atoms with van der Waals surface area (Å²) < 4.78 is 7.73. The number of hydrogen-bond donors (Lipinski definition) is 2. The zero-order valence-corrected chi connectivity index (χ0v) is 18.1. The van der Waals surface area contributed by atoms with E-state index in [-0.39, 0.29) is 0 Å². The molecular formula is C23H24N6OS. The van der Waals surface area contributed by atoms with Gasteiger partial charge in [-0.3, -0.25) is 5.10 Å². The summed E-state index contributed by atoms with van der Waals surface area (Å²) >= 11 is 5.36. The zero-order chi connectivity index (χ0) is 21.5. The molecule has 7 nitrogen and oxygen atoms in total. The van der Waals surface area contributed by atoms with Gasteiger partial charge in [-0.05, 0) is 54.5 Å². The van der Waals surface area contributed by atoms with Gasteiger partial charge in [0.05, 0.1) is 18.5 Å². The van der Waals surface area contributed by atoms with Crippen molar-refractivity contribution in [2.45, 2.75) is 26.2 Å². The number of nitrogens with one attached hydrogen (secondary N) is 2. The van der Waals surface area contributed by atoms with Crippen molar-refractivity contribution < 1.29 is 4.74 Å². The average molecular weight is 433 g/mol. The Balaban J connectivity index is 1.49. The molecule has 0 radical (unpaired) electrons. The molecule has 158 valence electrons. The van der Waals surface area contributed by atoms with E-state index in [0.717, 1.165) is 41.3 Å². The summed E-state index contributed by atoms with van der Waals surface area (Å²) in [6.45, 7) is 2.92. The maximum absolute atomic E-state index is 5.76. The number of aromatic amines is 2.